The molecular weight excluding hydrogens is 349 g/mol. The molecule has 1 aliphatic rings. The first-order chi connectivity index (χ1) is 12.0. The van der Waals surface area contributed by atoms with Crippen LogP contribution >= 0.6 is 12.4 Å². The van der Waals surface area contributed by atoms with Crippen molar-refractivity contribution in [2.75, 3.05) is 7.05 Å². The van der Waals surface area contributed by atoms with Crippen molar-refractivity contribution in [1.82, 2.24) is 5.32 Å². The molecule has 0 radical (unpaired) electrons. The predicted octanol–water partition coefficient (Wildman–Crippen LogP) is 5.69. The van der Waals surface area contributed by atoms with Gasteiger partial charge in [-0.05, 0) is 55.3 Å². The first-order valence-corrected chi connectivity index (χ1v) is 9.21. The highest BCUT2D eigenvalue weighted by Crippen LogP contribution is 2.33. The van der Waals surface area contributed by atoms with Crippen LogP contribution in [0.3, 0.4) is 0 Å². The summed E-state index contributed by atoms with van der Waals surface area (Å²) in [6, 6.07) is 15.1. The molecule has 1 aliphatic carbocycles. The number of ether oxygens (including phenoxy) is 1. The van der Waals surface area contributed by atoms with Gasteiger partial charge in [-0.1, -0.05) is 51.0 Å². The first-order valence-electron chi connectivity index (χ1n) is 9.21. The van der Waals surface area contributed by atoms with Crippen LogP contribution in [0.15, 0.2) is 48.5 Å². The van der Waals surface area contributed by atoms with Gasteiger partial charge in [0.05, 0.1) is 0 Å². The Bertz CT molecular complexity index is 678. The molecule has 0 saturated heterocycles. The molecule has 0 bridgehead atoms. The van der Waals surface area contributed by atoms with Crippen LogP contribution in [0.1, 0.15) is 50.7 Å². The number of hydrogen-bond donors (Lipinski definition) is 1. The third-order valence-electron chi connectivity index (χ3n) is 5.52. The van der Waals surface area contributed by atoms with E-state index in [1.165, 1.54) is 43.4 Å². The van der Waals surface area contributed by atoms with Gasteiger partial charge in [-0.3, -0.25) is 5.32 Å². The molecule has 2 aromatic rings. The Morgan fingerprint density at radius 1 is 0.962 bits per heavy atom. The maximum atomic E-state index is 13.2. The minimum absolute atomic E-state index is 0. The topological polar surface area (TPSA) is 21.3 Å². The minimum atomic E-state index is -0.201. The lowest BCUT2D eigenvalue weighted by atomic mass is 9.78. The molecule has 0 aliphatic heterocycles. The molecule has 1 unspecified atom stereocenters. The summed E-state index contributed by atoms with van der Waals surface area (Å²) >= 11 is 0. The SMILES string of the molecule is CNC(Oc1ccc(C(C)(C)c2ccc(F)cc2)cc1)C1CCCC1.Cl. The van der Waals surface area contributed by atoms with Crippen LogP contribution in [0.5, 0.6) is 5.75 Å². The molecule has 142 valence electrons. The molecule has 2 aromatic carbocycles. The lowest BCUT2D eigenvalue weighted by molar-refractivity contribution is 0.110. The highest BCUT2D eigenvalue weighted by molar-refractivity contribution is 5.85. The zero-order valence-corrected chi connectivity index (χ0v) is 16.6. The zero-order valence-electron chi connectivity index (χ0n) is 15.8. The number of nitrogens with one attached hydrogen (secondary N) is 1. The molecule has 4 heteroatoms. The Morgan fingerprint density at radius 2 is 1.46 bits per heavy atom. The van der Waals surface area contributed by atoms with Crippen LogP contribution in [0, 0.1) is 11.7 Å². The summed E-state index contributed by atoms with van der Waals surface area (Å²) in [6.45, 7) is 4.32. The molecule has 1 fully saturated rings. The fourth-order valence-electron chi connectivity index (χ4n) is 3.78. The molecule has 2 nitrogen and oxygen atoms in total. The summed E-state index contributed by atoms with van der Waals surface area (Å²) in [5.41, 5.74) is 2.11. The van der Waals surface area contributed by atoms with E-state index in [1.807, 2.05) is 31.3 Å². The van der Waals surface area contributed by atoms with Crippen LogP contribution < -0.4 is 10.1 Å². The monoisotopic (exact) mass is 377 g/mol. The van der Waals surface area contributed by atoms with E-state index < -0.39 is 0 Å². The molecule has 1 saturated carbocycles. The van der Waals surface area contributed by atoms with E-state index in [4.69, 9.17) is 4.74 Å². The molecule has 1 atom stereocenters. The van der Waals surface area contributed by atoms with Gasteiger partial charge in [0.15, 0.2) is 6.23 Å². The third kappa shape index (κ3) is 4.57. The lowest BCUT2D eigenvalue weighted by Crippen LogP contribution is -2.37. The summed E-state index contributed by atoms with van der Waals surface area (Å²) in [5, 5.41) is 3.31. The average Bonchev–Trinajstić information content (AvgIpc) is 3.15. The van der Waals surface area contributed by atoms with Crippen molar-refractivity contribution in [3.8, 4) is 5.75 Å². The van der Waals surface area contributed by atoms with E-state index in [1.54, 1.807) is 0 Å². The first kappa shape index (κ1) is 20.7. The van der Waals surface area contributed by atoms with Crippen LogP contribution in [-0.2, 0) is 5.41 Å². The normalized spacial score (nSPS) is 16.2. The fourth-order valence-corrected chi connectivity index (χ4v) is 3.78. The molecular formula is C22H29ClFNO. The second kappa shape index (κ2) is 8.88. The summed E-state index contributed by atoms with van der Waals surface area (Å²) in [4.78, 5) is 0. The maximum Gasteiger partial charge on any atom is 0.152 e. The molecule has 3 rings (SSSR count). The van der Waals surface area contributed by atoms with Crippen LogP contribution in [0.2, 0.25) is 0 Å². The van der Waals surface area contributed by atoms with Gasteiger partial charge in [-0.15, -0.1) is 12.4 Å². The summed E-state index contributed by atoms with van der Waals surface area (Å²) in [6.07, 6.45) is 5.16. The third-order valence-corrected chi connectivity index (χ3v) is 5.52. The molecule has 26 heavy (non-hydrogen) atoms. The Labute approximate surface area is 162 Å². The van der Waals surface area contributed by atoms with Crippen molar-refractivity contribution in [2.45, 2.75) is 51.2 Å². The number of hydrogen-bond acceptors (Lipinski definition) is 2. The van der Waals surface area contributed by atoms with Crippen molar-refractivity contribution < 1.29 is 9.13 Å². The van der Waals surface area contributed by atoms with Crippen molar-refractivity contribution in [1.29, 1.82) is 0 Å². The smallest absolute Gasteiger partial charge is 0.152 e. The van der Waals surface area contributed by atoms with Gasteiger partial charge >= 0.3 is 0 Å². The van der Waals surface area contributed by atoms with E-state index in [0.29, 0.717) is 5.92 Å². The Kier molecular flexibility index (Phi) is 7.08. The van der Waals surface area contributed by atoms with E-state index in [2.05, 4.69) is 31.3 Å². The highest BCUT2D eigenvalue weighted by atomic mass is 35.5. The van der Waals surface area contributed by atoms with Gasteiger partial charge < -0.3 is 4.74 Å². The van der Waals surface area contributed by atoms with Crippen LogP contribution in [0.25, 0.3) is 0 Å². The largest absolute Gasteiger partial charge is 0.475 e. The van der Waals surface area contributed by atoms with Gasteiger partial charge in [-0.2, -0.15) is 0 Å². The van der Waals surface area contributed by atoms with Crippen LogP contribution in [-0.4, -0.2) is 13.3 Å². The van der Waals surface area contributed by atoms with E-state index in [0.717, 1.165) is 11.3 Å². The van der Waals surface area contributed by atoms with Gasteiger partial charge in [0.25, 0.3) is 0 Å². The van der Waals surface area contributed by atoms with Gasteiger partial charge in [0.2, 0.25) is 0 Å². The second-order valence-electron chi connectivity index (χ2n) is 7.53. The summed E-state index contributed by atoms with van der Waals surface area (Å²) < 4.78 is 19.4. The molecule has 0 heterocycles. The number of halogens is 2. The molecule has 0 amide bonds. The van der Waals surface area contributed by atoms with Crippen LogP contribution in [0.4, 0.5) is 4.39 Å². The Morgan fingerprint density at radius 3 is 1.96 bits per heavy atom. The number of rotatable bonds is 6. The van der Waals surface area contributed by atoms with Gasteiger partial charge in [0, 0.05) is 11.3 Å². The van der Waals surface area contributed by atoms with E-state index in [-0.39, 0.29) is 29.9 Å². The van der Waals surface area contributed by atoms with Crippen molar-refractivity contribution in [3.63, 3.8) is 0 Å². The van der Waals surface area contributed by atoms with E-state index in [9.17, 15) is 4.39 Å². The van der Waals surface area contributed by atoms with Gasteiger partial charge in [0.1, 0.15) is 11.6 Å². The summed E-state index contributed by atoms with van der Waals surface area (Å²) in [7, 11) is 1.97. The standard InChI is InChI=1S/C22H28FNO.ClH/c1-22(2,17-8-12-19(23)13-9-17)18-10-14-20(15-11-18)25-21(24-3)16-6-4-5-7-16;/h8-16,21,24H,4-7H2,1-3H3;1H. The zero-order chi connectivity index (χ0) is 17.9. The minimum Gasteiger partial charge on any atom is -0.475 e. The van der Waals surface area contributed by atoms with Crippen molar-refractivity contribution in [3.05, 3.63) is 65.5 Å². The number of benzene rings is 2. The Balaban J connectivity index is 0.00000243. The quantitative estimate of drug-likeness (QED) is 0.653. The summed E-state index contributed by atoms with van der Waals surface area (Å²) in [5.74, 6) is 1.29. The van der Waals surface area contributed by atoms with Crippen molar-refractivity contribution in [2.24, 2.45) is 5.92 Å². The van der Waals surface area contributed by atoms with Crippen molar-refractivity contribution >= 4 is 12.4 Å². The molecule has 0 aromatic heterocycles. The second-order valence-corrected chi connectivity index (χ2v) is 7.53. The Hall–Kier alpha value is -1.58. The average molecular weight is 378 g/mol. The van der Waals surface area contributed by atoms with E-state index >= 15 is 0 Å². The fraction of sp³-hybridized carbons (Fsp3) is 0.455. The predicted molar refractivity (Wildman–Crippen MR) is 108 cm³/mol. The maximum absolute atomic E-state index is 13.2. The molecule has 1 N–H and O–H groups in total. The lowest BCUT2D eigenvalue weighted by Gasteiger charge is -2.27. The molecule has 0 spiro atoms. The van der Waals surface area contributed by atoms with Gasteiger partial charge in [-0.25, -0.2) is 4.39 Å². The highest BCUT2D eigenvalue weighted by Gasteiger charge is 2.26.